The lowest BCUT2D eigenvalue weighted by Gasteiger charge is -2.23. The second-order valence-electron chi connectivity index (χ2n) is 7.49. The van der Waals surface area contributed by atoms with Crippen molar-refractivity contribution in [2.75, 3.05) is 0 Å². The standard InChI is InChI=1S/C18H25N3O5/c1-17(2,15(24)21(11-19)12-20)9-7-13(22)5-6-14(23)8-10-18(3,4)16(25)26/h5-10H2,1-4H3,(H,25,26). The Labute approximate surface area is 153 Å². The Kier molecular flexibility index (Phi) is 8.65. The molecule has 8 heteroatoms. The van der Waals surface area contributed by atoms with Crippen molar-refractivity contribution < 1.29 is 24.3 Å². The lowest BCUT2D eigenvalue weighted by Crippen LogP contribution is -2.35. The van der Waals surface area contributed by atoms with E-state index in [4.69, 9.17) is 15.6 Å². The summed E-state index contributed by atoms with van der Waals surface area (Å²) in [5.74, 6) is -2.03. The molecule has 0 aromatic rings. The first-order valence-electron chi connectivity index (χ1n) is 8.28. The Morgan fingerprint density at radius 3 is 1.54 bits per heavy atom. The molecule has 8 nitrogen and oxygen atoms in total. The van der Waals surface area contributed by atoms with Crippen molar-refractivity contribution in [3.8, 4) is 12.4 Å². The molecule has 0 rings (SSSR count). The zero-order valence-electron chi connectivity index (χ0n) is 15.7. The van der Waals surface area contributed by atoms with Crippen molar-refractivity contribution >= 4 is 23.4 Å². The fourth-order valence-electron chi connectivity index (χ4n) is 2.06. The van der Waals surface area contributed by atoms with Gasteiger partial charge in [-0.3, -0.25) is 19.2 Å². The van der Waals surface area contributed by atoms with Crippen LogP contribution in [0.15, 0.2) is 0 Å². The van der Waals surface area contributed by atoms with Crippen LogP contribution in [0.2, 0.25) is 0 Å². The fourth-order valence-corrected chi connectivity index (χ4v) is 2.06. The van der Waals surface area contributed by atoms with Crippen LogP contribution in [0.3, 0.4) is 0 Å². The molecule has 1 N–H and O–H groups in total. The molecule has 0 atom stereocenters. The number of hydrogen-bond acceptors (Lipinski definition) is 6. The van der Waals surface area contributed by atoms with E-state index in [9.17, 15) is 19.2 Å². The highest BCUT2D eigenvalue weighted by Gasteiger charge is 2.33. The second-order valence-corrected chi connectivity index (χ2v) is 7.49. The summed E-state index contributed by atoms with van der Waals surface area (Å²) >= 11 is 0. The zero-order valence-corrected chi connectivity index (χ0v) is 15.7. The Morgan fingerprint density at radius 1 is 0.808 bits per heavy atom. The third kappa shape index (κ3) is 7.43. The largest absolute Gasteiger partial charge is 0.481 e. The van der Waals surface area contributed by atoms with Crippen molar-refractivity contribution in [1.82, 2.24) is 4.90 Å². The van der Waals surface area contributed by atoms with Crippen molar-refractivity contribution in [3.63, 3.8) is 0 Å². The molecule has 0 heterocycles. The number of amides is 1. The van der Waals surface area contributed by atoms with Crippen LogP contribution in [0, 0.1) is 33.7 Å². The Hall–Kier alpha value is -2.74. The van der Waals surface area contributed by atoms with E-state index in [-0.39, 0.29) is 50.1 Å². The Bertz CT molecular complexity index is 639. The van der Waals surface area contributed by atoms with Crippen molar-refractivity contribution in [3.05, 3.63) is 0 Å². The number of rotatable bonds is 11. The van der Waals surface area contributed by atoms with Gasteiger partial charge < -0.3 is 5.11 Å². The number of carbonyl (C=O) groups excluding carboxylic acids is 3. The summed E-state index contributed by atoms with van der Waals surface area (Å²) in [6, 6.07) is 0. The van der Waals surface area contributed by atoms with E-state index in [0.29, 0.717) is 4.90 Å². The van der Waals surface area contributed by atoms with Crippen molar-refractivity contribution in [2.24, 2.45) is 10.8 Å². The van der Waals surface area contributed by atoms with Crippen LogP contribution in [0.4, 0.5) is 0 Å². The third-order valence-electron chi connectivity index (χ3n) is 4.30. The summed E-state index contributed by atoms with van der Waals surface area (Å²) in [4.78, 5) is 47.1. The van der Waals surface area contributed by atoms with Gasteiger partial charge in [-0.15, -0.1) is 4.90 Å². The fraction of sp³-hybridized carbons (Fsp3) is 0.667. The van der Waals surface area contributed by atoms with Gasteiger partial charge in [0, 0.05) is 31.1 Å². The Balaban J connectivity index is 4.38. The molecule has 0 fully saturated rings. The summed E-state index contributed by atoms with van der Waals surface area (Å²) in [6.07, 6.45) is 3.51. The highest BCUT2D eigenvalue weighted by Crippen LogP contribution is 2.26. The first-order chi connectivity index (χ1) is 11.9. The first-order valence-corrected chi connectivity index (χ1v) is 8.28. The van der Waals surface area contributed by atoms with Crippen molar-refractivity contribution in [2.45, 2.75) is 66.2 Å². The molecule has 142 valence electrons. The van der Waals surface area contributed by atoms with Gasteiger partial charge in [0.1, 0.15) is 11.6 Å². The van der Waals surface area contributed by atoms with Gasteiger partial charge in [-0.25, -0.2) is 0 Å². The number of nitrogens with zero attached hydrogens (tertiary/aromatic N) is 3. The summed E-state index contributed by atoms with van der Waals surface area (Å²) in [5.41, 5.74) is -2.03. The molecule has 0 bridgehead atoms. The van der Waals surface area contributed by atoms with Gasteiger partial charge in [-0.05, 0) is 26.7 Å². The number of carboxylic acid groups (broad SMARTS) is 1. The molecule has 0 saturated carbocycles. The Morgan fingerprint density at radius 2 is 1.19 bits per heavy atom. The topological polar surface area (TPSA) is 139 Å². The summed E-state index contributed by atoms with van der Waals surface area (Å²) in [6.45, 7) is 6.17. The molecule has 0 aromatic carbocycles. The smallest absolute Gasteiger partial charge is 0.309 e. The van der Waals surface area contributed by atoms with Crippen LogP contribution in [0.25, 0.3) is 0 Å². The van der Waals surface area contributed by atoms with Gasteiger partial charge in [0.2, 0.25) is 12.4 Å². The molecule has 0 saturated heterocycles. The van der Waals surface area contributed by atoms with Gasteiger partial charge >= 0.3 is 5.97 Å². The maximum atomic E-state index is 12.0. The summed E-state index contributed by atoms with van der Waals surface area (Å²) < 4.78 is 0. The van der Waals surface area contributed by atoms with E-state index < -0.39 is 22.7 Å². The second kappa shape index (κ2) is 9.67. The van der Waals surface area contributed by atoms with Gasteiger partial charge in [-0.2, -0.15) is 10.5 Å². The third-order valence-corrected chi connectivity index (χ3v) is 4.30. The lowest BCUT2D eigenvalue weighted by molar-refractivity contribution is -0.147. The van der Waals surface area contributed by atoms with Crippen molar-refractivity contribution in [1.29, 1.82) is 10.5 Å². The molecule has 1 amide bonds. The van der Waals surface area contributed by atoms with Gasteiger partial charge in [0.05, 0.1) is 5.41 Å². The van der Waals surface area contributed by atoms with Crippen LogP contribution in [-0.4, -0.2) is 33.4 Å². The maximum Gasteiger partial charge on any atom is 0.309 e. The first kappa shape index (κ1) is 23.3. The average Bonchev–Trinajstić information content (AvgIpc) is 2.57. The van der Waals surface area contributed by atoms with Crippen LogP contribution in [0.1, 0.15) is 66.2 Å². The van der Waals surface area contributed by atoms with E-state index in [1.807, 2.05) is 0 Å². The number of Topliss-reactive ketones (excluding diaryl/α,β-unsaturated/α-hetero) is 2. The minimum absolute atomic E-state index is 0.0246. The molecule has 0 aliphatic rings. The minimum Gasteiger partial charge on any atom is -0.481 e. The lowest BCUT2D eigenvalue weighted by atomic mass is 9.84. The van der Waals surface area contributed by atoms with Crippen LogP contribution < -0.4 is 0 Å². The molecule has 0 aliphatic heterocycles. The highest BCUT2D eigenvalue weighted by atomic mass is 16.4. The zero-order chi connectivity index (χ0) is 20.5. The SMILES string of the molecule is CC(C)(CCC(=O)CCC(=O)CCC(C)(C)C(=O)N(C#N)C#N)C(=O)O. The molecule has 0 aliphatic carbocycles. The molecular formula is C18H25N3O5. The number of nitriles is 2. The quantitative estimate of drug-likeness (QED) is 0.439. The van der Waals surface area contributed by atoms with Crippen LogP contribution >= 0.6 is 0 Å². The number of hydrogen-bond donors (Lipinski definition) is 1. The predicted octanol–water partition coefficient (Wildman–Crippen LogP) is 2.39. The molecule has 0 unspecified atom stereocenters. The number of aliphatic carboxylic acids is 1. The normalized spacial score (nSPS) is 11.2. The molecule has 0 radical (unpaired) electrons. The minimum atomic E-state index is -1.04. The highest BCUT2D eigenvalue weighted by molar-refractivity contribution is 5.88. The van der Waals surface area contributed by atoms with E-state index in [0.717, 1.165) is 0 Å². The van der Waals surface area contributed by atoms with Gasteiger partial charge in [0.25, 0.3) is 5.91 Å². The van der Waals surface area contributed by atoms with Gasteiger partial charge in [-0.1, -0.05) is 13.8 Å². The number of carbonyl (C=O) groups is 4. The van der Waals surface area contributed by atoms with Gasteiger partial charge in [0.15, 0.2) is 0 Å². The number of carboxylic acids is 1. The molecular weight excluding hydrogens is 338 g/mol. The summed E-state index contributed by atoms with van der Waals surface area (Å²) in [5, 5.41) is 26.4. The predicted molar refractivity (Wildman–Crippen MR) is 91.0 cm³/mol. The van der Waals surface area contributed by atoms with E-state index in [1.54, 1.807) is 27.7 Å². The number of ketones is 2. The van der Waals surface area contributed by atoms with E-state index in [1.165, 1.54) is 12.4 Å². The molecule has 0 aromatic heterocycles. The van der Waals surface area contributed by atoms with Crippen LogP contribution in [-0.2, 0) is 19.2 Å². The molecule has 0 spiro atoms. The molecule has 26 heavy (non-hydrogen) atoms. The monoisotopic (exact) mass is 363 g/mol. The van der Waals surface area contributed by atoms with E-state index in [2.05, 4.69) is 0 Å². The maximum absolute atomic E-state index is 12.0. The average molecular weight is 363 g/mol. The summed E-state index contributed by atoms with van der Waals surface area (Å²) in [7, 11) is 0. The van der Waals surface area contributed by atoms with E-state index >= 15 is 0 Å². The van der Waals surface area contributed by atoms with Crippen LogP contribution in [0.5, 0.6) is 0 Å².